The molecule has 0 aromatic heterocycles. The van der Waals surface area contributed by atoms with E-state index in [0.717, 1.165) is 11.1 Å². The van der Waals surface area contributed by atoms with E-state index in [2.05, 4.69) is 18.1 Å². The molecule has 2 rings (SSSR count). The SMILES string of the molecule is C=C(NOCc1ccccc1C#N)c1ccc(Cl)cc1. The first-order chi connectivity index (χ1) is 9.70. The molecule has 0 aliphatic carbocycles. The number of halogens is 1. The zero-order chi connectivity index (χ0) is 14.4. The maximum atomic E-state index is 8.97. The third kappa shape index (κ3) is 3.61. The molecule has 0 atom stereocenters. The highest BCUT2D eigenvalue weighted by Crippen LogP contribution is 2.15. The van der Waals surface area contributed by atoms with E-state index in [1.807, 2.05) is 30.3 Å². The van der Waals surface area contributed by atoms with Crippen molar-refractivity contribution >= 4 is 17.3 Å². The first-order valence-electron chi connectivity index (χ1n) is 6.01. The molecule has 0 spiro atoms. The van der Waals surface area contributed by atoms with Crippen LogP contribution in [0.3, 0.4) is 0 Å². The first kappa shape index (κ1) is 14.1. The van der Waals surface area contributed by atoms with Crippen LogP contribution in [0.2, 0.25) is 5.02 Å². The third-order valence-electron chi connectivity index (χ3n) is 2.75. The lowest BCUT2D eigenvalue weighted by Crippen LogP contribution is -2.12. The molecular formula is C16H13ClN2O. The first-order valence-corrected chi connectivity index (χ1v) is 6.39. The average Bonchev–Trinajstić information content (AvgIpc) is 2.48. The molecule has 0 aliphatic rings. The van der Waals surface area contributed by atoms with E-state index in [1.165, 1.54) is 0 Å². The van der Waals surface area contributed by atoms with Crippen LogP contribution in [0.25, 0.3) is 5.70 Å². The van der Waals surface area contributed by atoms with E-state index in [4.69, 9.17) is 21.7 Å². The minimum atomic E-state index is 0.288. The van der Waals surface area contributed by atoms with Crippen LogP contribution in [-0.2, 0) is 11.4 Å². The number of hydroxylamine groups is 1. The lowest BCUT2D eigenvalue weighted by molar-refractivity contribution is 0.0647. The molecule has 0 unspecified atom stereocenters. The molecule has 1 N–H and O–H groups in total. The Balaban J connectivity index is 1.91. The zero-order valence-electron chi connectivity index (χ0n) is 10.8. The van der Waals surface area contributed by atoms with Crippen LogP contribution in [0, 0.1) is 11.3 Å². The summed E-state index contributed by atoms with van der Waals surface area (Å²) < 4.78 is 0. The van der Waals surface area contributed by atoms with Crippen LogP contribution in [0.5, 0.6) is 0 Å². The predicted molar refractivity (Wildman–Crippen MR) is 79.6 cm³/mol. The van der Waals surface area contributed by atoms with E-state index in [0.29, 0.717) is 16.3 Å². The Labute approximate surface area is 123 Å². The average molecular weight is 285 g/mol. The van der Waals surface area contributed by atoms with Gasteiger partial charge in [0.05, 0.1) is 17.3 Å². The van der Waals surface area contributed by atoms with Gasteiger partial charge >= 0.3 is 0 Å². The summed E-state index contributed by atoms with van der Waals surface area (Å²) in [5.74, 6) is 0. The van der Waals surface area contributed by atoms with Crippen LogP contribution in [0.1, 0.15) is 16.7 Å². The van der Waals surface area contributed by atoms with Gasteiger partial charge in [-0.2, -0.15) is 5.26 Å². The van der Waals surface area contributed by atoms with Crippen molar-refractivity contribution < 1.29 is 4.84 Å². The molecule has 0 saturated heterocycles. The summed E-state index contributed by atoms with van der Waals surface area (Å²) in [6.45, 7) is 4.17. The number of nitrogens with zero attached hydrogens (tertiary/aromatic N) is 1. The second-order valence-corrected chi connectivity index (χ2v) is 4.58. The molecular weight excluding hydrogens is 272 g/mol. The van der Waals surface area contributed by atoms with Gasteiger partial charge in [0.25, 0.3) is 0 Å². The maximum Gasteiger partial charge on any atom is 0.101 e. The quantitative estimate of drug-likeness (QED) is 0.847. The van der Waals surface area contributed by atoms with Crippen molar-refractivity contribution in [2.24, 2.45) is 0 Å². The summed E-state index contributed by atoms with van der Waals surface area (Å²) in [4.78, 5) is 5.37. The molecule has 2 aromatic carbocycles. The fraction of sp³-hybridized carbons (Fsp3) is 0.0625. The van der Waals surface area contributed by atoms with E-state index in [1.54, 1.807) is 18.2 Å². The van der Waals surface area contributed by atoms with Gasteiger partial charge < -0.3 is 0 Å². The van der Waals surface area contributed by atoms with Crippen molar-refractivity contribution in [1.82, 2.24) is 5.48 Å². The monoisotopic (exact) mass is 284 g/mol. The molecule has 20 heavy (non-hydrogen) atoms. The van der Waals surface area contributed by atoms with Crippen molar-refractivity contribution in [2.75, 3.05) is 0 Å². The molecule has 0 radical (unpaired) electrons. The minimum Gasteiger partial charge on any atom is -0.271 e. The maximum absolute atomic E-state index is 8.97. The van der Waals surface area contributed by atoms with E-state index in [-0.39, 0.29) is 6.61 Å². The van der Waals surface area contributed by atoms with Crippen LogP contribution >= 0.6 is 11.6 Å². The minimum absolute atomic E-state index is 0.288. The van der Waals surface area contributed by atoms with Gasteiger partial charge in [0, 0.05) is 5.02 Å². The molecule has 3 nitrogen and oxygen atoms in total. The molecule has 100 valence electrons. The molecule has 0 aliphatic heterocycles. The van der Waals surface area contributed by atoms with Crippen molar-refractivity contribution in [3.63, 3.8) is 0 Å². The third-order valence-corrected chi connectivity index (χ3v) is 3.01. The van der Waals surface area contributed by atoms with Gasteiger partial charge in [0.2, 0.25) is 0 Å². The van der Waals surface area contributed by atoms with Crippen LogP contribution < -0.4 is 5.48 Å². The fourth-order valence-electron chi connectivity index (χ4n) is 1.67. The van der Waals surface area contributed by atoms with Crippen molar-refractivity contribution in [3.05, 3.63) is 76.8 Å². The number of hydrogen-bond donors (Lipinski definition) is 1. The van der Waals surface area contributed by atoms with Crippen LogP contribution in [-0.4, -0.2) is 0 Å². The number of benzene rings is 2. The predicted octanol–water partition coefficient (Wildman–Crippen LogP) is 3.90. The summed E-state index contributed by atoms with van der Waals surface area (Å²) in [5, 5.41) is 9.65. The molecule has 0 heterocycles. The normalized spacial score (nSPS) is 9.80. The van der Waals surface area contributed by atoms with E-state index >= 15 is 0 Å². The van der Waals surface area contributed by atoms with Crippen molar-refractivity contribution in [2.45, 2.75) is 6.61 Å². The summed E-state index contributed by atoms with van der Waals surface area (Å²) in [6.07, 6.45) is 0. The van der Waals surface area contributed by atoms with Gasteiger partial charge in [0.1, 0.15) is 6.61 Å². The molecule has 4 heteroatoms. The topological polar surface area (TPSA) is 45.0 Å². The second kappa shape index (κ2) is 6.76. The number of nitriles is 1. The standard InChI is InChI=1S/C16H13ClN2O/c1-12(13-6-8-16(17)9-7-13)19-20-11-15-5-3-2-4-14(15)10-18/h2-9,19H,1,11H2. The molecule has 2 aromatic rings. The summed E-state index contributed by atoms with van der Waals surface area (Å²) in [7, 11) is 0. The van der Waals surface area contributed by atoms with Crippen LogP contribution in [0.4, 0.5) is 0 Å². The highest BCUT2D eigenvalue weighted by molar-refractivity contribution is 6.30. The number of rotatable bonds is 5. The van der Waals surface area contributed by atoms with Gasteiger partial charge in [-0.15, -0.1) is 0 Å². The summed E-state index contributed by atoms with van der Waals surface area (Å²) in [6, 6.07) is 16.7. The Hall–Kier alpha value is -2.28. The Kier molecular flexibility index (Phi) is 4.78. The Morgan fingerprint density at radius 1 is 1.20 bits per heavy atom. The Morgan fingerprint density at radius 3 is 2.60 bits per heavy atom. The molecule has 0 amide bonds. The largest absolute Gasteiger partial charge is 0.271 e. The van der Waals surface area contributed by atoms with Gasteiger partial charge in [-0.1, -0.05) is 48.5 Å². The molecule has 0 bridgehead atoms. The molecule has 0 saturated carbocycles. The second-order valence-electron chi connectivity index (χ2n) is 4.15. The van der Waals surface area contributed by atoms with Gasteiger partial charge in [-0.25, -0.2) is 0 Å². The Bertz CT molecular complexity index is 644. The van der Waals surface area contributed by atoms with Gasteiger partial charge in [0.15, 0.2) is 0 Å². The van der Waals surface area contributed by atoms with E-state index < -0.39 is 0 Å². The van der Waals surface area contributed by atoms with E-state index in [9.17, 15) is 0 Å². The smallest absolute Gasteiger partial charge is 0.101 e. The fourth-order valence-corrected chi connectivity index (χ4v) is 1.79. The summed E-state index contributed by atoms with van der Waals surface area (Å²) >= 11 is 5.82. The highest BCUT2D eigenvalue weighted by Gasteiger charge is 2.02. The summed E-state index contributed by atoms with van der Waals surface area (Å²) in [5.41, 5.74) is 5.73. The number of nitrogens with one attached hydrogen (secondary N) is 1. The lowest BCUT2D eigenvalue weighted by atomic mass is 10.1. The van der Waals surface area contributed by atoms with Crippen molar-refractivity contribution in [1.29, 1.82) is 5.26 Å². The Morgan fingerprint density at radius 2 is 1.90 bits per heavy atom. The molecule has 0 fully saturated rings. The van der Waals surface area contributed by atoms with Crippen LogP contribution in [0.15, 0.2) is 55.1 Å². The van der Waals surface area contributed by atoms with Gasteiger partial charge in [-0.05, 0) is 29.3 Å². The zero-order valence-corrected chi connectivity index (χ0v) is 11.5. The number of hydrogen-bond acceptors (Lipinski definition) is 3. The van der Waals surface area contributed by atoms with Gasteiger partial charge in [-0.3, -0.25) is 10.3 Å². The van der Waals surface area contributed by atoms with Crippen molar-refractivity contribution in [3.8, 4) is 6.07 Å². The lowest BCUT2D eigenvalue weighted by Gasteiger charge is -2.10. The highest BCUT2D eigenvalue weighted by atomic mass is 35.5.